The van der Waals surface area contributed by atoms with E-state index >= 15 is 0 Å². The van der Waals surface area contributed by atoms with Crippen LogP contribution < -0.4 is 5.32 Å². The third kappa shape index (κ3) is 3.95. The number of hydrogen-bond donors (Lipinski definition) is 1. The van der Waals surface area contributed by atoms with Crippen molar-refractivity contribution >= 4 is 0 Å². The van der Waals surface area contributed by atoms with Crippen molar-refractivity contribution < 1.29 is 9.47 Å². The van der Waals surface area contributed by atoms with E-state index in [1.54, 1.807) is 7.11 Å². The highest BCUT2D eigenvalue weighted by Crippen LogP contribution is 2.47. The second-order valence-electron chi connectivity index (χ2n) is 4.44. The van der Waals surface area contributed by atoms with Crippen molar-refractivity contribution in [3.63, 3.8) is 0 Å². The molecule has 84 valence electrons. The minimum atomic E-state index is 0.562. The first-order valence-electron chi connectivity index (χ1n) is 5.49. The summed E-state index contributed by atoms with van der Waals surface area (Å²) in [5.74, 6) is 0. The first-order valence-corrected chi connectivity index (χ1v) is 5.49. The monoisotopic (exact) mass is 201 g/mol. The Balaban J connectivity index is 1.88. The molecule has 0 aromatic rings. The molecule has 1 atom stereocenters. The number of hydrogen-bond acceptors (Lipinski definition) is 3. The first kappa shape index (κ1) is 12.0. The Labute approximate surface area is 87.2 Å². The van der Waals surface area contributed by atoms with Gasteiger partial charge in [-0.25, -0.2) is 0 Å². The molecular formula is C11H23NO2. The normalized spacial score (nSPS) is 20.8. The van der Waals surface area contributed by atoms with Gasteiger partial charge in [0.15, 0.2) is 0 Å². The summed E-state index contributed by atoms with van der Waals surface area (Å²) in [6, 6.07) is 0.619. The van der Waals surface area contributed by atoms with E-state index in [4.69, 9.17) is 9.47 Å². The molecule has 3 heteroatoms. The van der Waals surface area contributed by atoms with Crippen molar-refractivity contribution in [3.8, 4) is 0 Å². The summed E-state index contributed by atoms with van der Waals surface area (Å²) in [4.78, 5) is 0. The largest absolute Gasteiger partial charge is 0.382 e. The summed E-state index contributed by atoms with van der Waals surface area (Å²) >= 11 is 0. The number of methoxy groups -OCH3 is 1. The van der Waals surface area contributed by atoms with Gasteiger partial charge in [0.05, 0.1) is 19.8 Å². The Morgan fingerprint density at radius 3 is 2.57 bits per heavy atom. The van der Waals surface area contributed by atoms with Crippen LogP contribution in [-0.2, 0) is 9.47 Å². The van der Waals surface area contributed by atoms with E-state index in [9.17, 15) is 0 Å². The van der Waals surface area contributed by atoms with Crippen molar-refractivity contribution in [1.29, 1.82) is 0 Å². The average Bonchev–Trinajstić information content (AvgIpc) is 2.91. The maximum atomic E-state index is 5.37. The van der Waals surface area contributed by atoms with Crippen LogP contribution in [0.5, 0.6) is 0 Å². The molecule has 1 fully saturated rings. The molecule has 0 bridgehead atoms. The van der Waals surface area contributed by atoms with Crippen LogP contribution in [0, 0.1) is 5.41 Å². The zero-order chi connectivity index (χ0) is 10.4. The number of ether oxygens (including phenoxy) is 2. The highest BCUT2D eigenvalue weighted by atomic mass is 16.5. The maximum Gasteiger partial charge on any atom is 0.0700 e. The van der Waals surface area contributed by atoms with E-state index in [2.05, 4.69) is 19.2 Å². The van der Waals surface area contributed by atoms with Gasteiger partial charge in [-0.3, -0.25) is 0 Å². The van der Waals surface area contributed by atoms with Gasteiger partial charge in [0.2, 0.25) is 0 Å². The minimum Gasteiger partial charge on any atom is -0.382 e. The van der Waals surface area contributed by atoms with E-state index in [1.807, 2.05) is 0 Å². The molecule has 1 unspecified atom stereocenters. The molecule has 1 aliphatic carbocycles. The van der Waals surface area contributed by atoms with Crippen molar-refractivity contribution in [2.75, 3.05) is 33.5 Å². The van der Waals surface area contributed by atoms with Gasteiger partial charge in [0.1, 0.15) is 0 Å². The van der Waals surface area contributed by atoms with Gasteiger partial charge in [-0.1, -0.05) is 6.92 Å². The standard InChI is InChI=1S/C11H23NO2/c1-10(11(2)4-5-11)12-6-7-14-9-8-13-3/h10,12H,4-9H2,1-3H3. The number of nitrogens with one attached hydrogen (secondary N) is 1. The highest BCUT2D eigenvalue weighted by Gasteiger charge is 2.41. The lowest BCUT2D eigenvalue weighted by Gasteiger charge is -2.20. The smallest absolute Gasteiger partial charge is 0.0700 e. The summed E-state index contributed by atoms with van der Waals surface area (Å²) in [5.41, 5.74) is 0.562. The predicted octanol–water partition coefficient (Wildman–Crippen LogP) is 1.43. The molecule has 1 N–H and O–H groups in total. The van der Waals surface area contributed by atoms with Gasteiger partial charge in [-0.15, -0.1) is 0 Å². The topological polar surface area (TPSA) is 30.5 Å². The molecule has 3 nitrogen and oxygen atoms in total. The molecule has 0 radical (unpaired) electrons. The fraction of sp³-hybridized carbons (Fsp3) is 1.00. The molecule has 0 aromatic carbocycles. The summed E-state index contributed by atoms with van der Waals surface area (Å²) in [7, 11) is 1.69. The average molecular weight is 201 g/mol. The van der Waals surface area contributed by atoms with E-state index < -0.39 is 0 Å². The fourth-order valence-electron chi connectivity index (χ4n) is 1.47. The molecule has 0 heterocycles. The van der Waals surface area contributed by atoms with E-state index in [-0.39, 0.29) is 0 Å². The summed E-state index contributed by atoms with van der Waals surface area (Å²) in [5, 5.41) is 3.50. The van der Waals surface area contributed by atoms with Crippen LogP contribution in [0.15, 0.2) is 0 Å². The Bertz CT molecular complexity index is 157. The Morgan fingerprint density at radius 2 is 2.00 bits per heavy atom. The van der Waals surface area contributed by atoms with Crippen LogP contribution in [0.4, 0.5) is 0 Å². The van der Waals surface area contributed by atoms with Gasteiger partial charge in [0, 0.05) is 19.7 Å². The lowest BCUT2D eigenvalue weighted by Crippen LogP contribution is -2.35. The molecule has 0 amide bonds. The van der Waals surface area contributed by atoms with Crippen LogP contribution in [-0.4, -0.2) is 39.5 Å². The van der Waals surface area contributed by atoms with E-state index in [0.717, 1.165) is 13.2 Å². The third-order valence-electron chi connectivity index (χ3n) is 3.21. The van der Waals surface area contributed by atoms with Crippen LogP contribution in [0.1, 0.15) is 26.7 Å². The number of rotatable bonds is 8. The van der Waals surface area contributed by atoms with Crippen molar-refractivity contribution in [2.45, 2.75) is 32.7 Å². The van der Waals surface area contributed by atoms with Crippen LogP contribution >= 0.6 is 0 Å². The van der Waals surface area contributed by atoms with Gasteiger partial charge in [0.25, 0.3) is 0 Å². The van der Waals surface area contributed by atoms with Gasteiger partial charge >= 0.3 is 0 Å². The summed E-state index contributed by atoms with van der Waals surface area (Å²) in [6.07, 6.45) is 2.73. The van der Waals surface area contributed by atoms with E-state index in [1.165, 1.54) is 12.8 Å². The molecule has 0 aromatic heterocycles. The van der Waals surface area contributed by atoms with Gasteiger partial charge in [-0.05, 0) is 25.2 Å². The lowest BCUT2D eigenvalue weighted by molar-refractivity contribution is 0.0704. The van der Waals surface area contributed by atoms with Crippen molar-refractivity contribution in [2.24, 2.45) is 5.41 Å². The quantitative estimate of drug-likeness (QED) is 0.603. The lowest BCUT2D eigenvalue weighted by atomic mass is 10.0. The fourth-order valence-corrected chi connectivity index (χ4v) is 1.47. The van der Waals surface area contributed by atoms with Crippen LogP contribution in [0.2, 0.25) is 0 Å². The molecule has 0 saturated heterocycles. The Morgan fingerprint density at radius 1 is 1.29 bits per heavy atom. The second kappa shape index (κ2) is 5.69. The van der Waals surface area contributed by atoms with Crippen molar-refractivity contribution in [3.05, 3.63) is 0 Å². The van der Waals surface area contributed by atoms with Crippen molar-refractivity contribution in [1.82, 2.24) is 5.32 Å². The molecule has 0 spiro atoms. The van der Waals surface area contributed by atoms with Crippen LogP contribution in [0.3, 0.4) is 0 Å². The predicted molar refractivity (Wildman–Crippen MR) is 57.5 cm³/mol. The maximum absolute atomic E-state index is 5.37. The van der Waals surface area contributed by atoms with Gasteiger partial charge in [-0.2, -0.15) is 0 Å². The zero-order valence-electron chi connectivity index (χ0n) is 9.64. The third-order valence-corrected chi connectivity index (χ3v) is 3.21. The summed E-state index contributed by atoms with van der Waals surface area (Å²) in [6.45, 7) is 7.72. The minimum absolute atomic E-state index is 0.562. The molecule has 1 rings (SSSR count). The Hall–Kier alpha value is -0.120. The van der Waals surface area contributed by atoms with E-state index in [0.29, 0.717) is 24.7 Å². The summed E-state index contributed by atoms with van der Waals surface area (Å²) < 4.78 is 10.3. The molecule has 1 aliphatic rings. The molecule has 1 saturated carbocycles. The molecule has 14 heavy (non-hydrogen) atoms. The molecule has 0 aliphatic heterocycles. The van der Waals surface area contributed by atoms with Gasteiger partial charge < -0.3 is 14.8 Å². The molecular weight excluding hydrogens is 178 g/mol. The van der Waals surface area contributed by atoms with Crippen LogP contribution in [0.25, 0.3) is 0 Å². The second-order valence-corrected chi connectivity index (χ2v) is 4.44. The zero-order valence-corrected chi connectivity index (χ0v) is 9.64. The SMILES string of the molecule is COCCOCCNC(C)C1(C)CC1. The Kier molecular flexibility index (Phi) is 4.85. The first-order chi connectivity index (χ1) is 6.69. The highest BCUT2D eigenvalue weighted by molar-refractivity contribution is 4.96.